The summed E-state index contributed by atoms with van der Waals surface area (Å²) in [5.41, 5.74) is 0. The fourth-order valence-corrected chi connectivity index (χ4v) is 3.41. The Morgan fingerprint density at radius 3 is 2.27 bits per heavy atom. The molecule has 15 heavy (non-hydrogen) atoms. The molecular formula is C10H9Br3O2. The lowest BCUT2D eigenvalue weighted by Gasteiger charge is -2.09. The first-order chi connectivity index (χ1) is 7.04. The monoisotopic (exact) mass is 398 g/mol. The molecule has 0 fully saturated rings. The molecule has 0 atom stereocenters. The fraction of sp³-hybridized carbons (Fsp3) is 0.300. The minimum atomic E-state index is 0.0803. The molecule has 0 radical (unpaired) electrons. The highest BCUT2D eigenvalue weighted by molar-refractivity contribution is 9.11. The molecule has 1 rings (SSSR count). The van der Waals surface area contributed by atoms with Gasteiger partial charge in [0, 0.05) is 10.9 Å². The molecule has 0 aliphatic rings. The lowest BCUT2D eigenvalue weighted by Crippen LogP contribution is -2.10. The van der Waals surface area contributed by atoms with E-state index in [-0.39, 0.29) is 12.4 Å². The molecule has 0 bridgehead atoms. The van der Waals surface area contributed by atoms with Crippen molar-refractivity contribution in [3.05, 3.63) is 25.6 Å². The predicted octanol–water partition coefficient (Wildman–Crippen LogP) is 4.33. The van der Waals surface area contributed by atoms with Gasteiger partial charge in [-0.05, 0) is 44.0 Å². The highest BCUT2D eigenvalue weighted by atomic mass is 79.9. The Kier molecular flexibility index (Phi) is 5.29. The van der Waals surface area contributed by atoms with E-state index in [9.17, 15) is 4.79 Å². The van der Waals surface area contributed by atoms with Crippen LogP contribution in [0.2, 0.25) is 0 Å². The molecule has 0 aliphatic heterocycles. The quantitative estimate of drug-likeness (QED) is 0.751. The number of carbonyl (C=O) groups is 1. The average Bonchev–Trinajstić information content (AvgIpc) is 2.15. The highest BCUT2D eigenvalue weighted by Gasteiger charge is 2.09. The van der Waals surface area contributed by atoms with Crippen LogP contribution in [0.4, 0.5) is 0 Å². The molecule has 0 spiro atoms. The van der Waals surface area contributed by atoms with Gasteiger partial charge in [-0.1, -0.05) is 22.9 Å². The van der Waals surface area contributed by atoms with Crippen molar-refractivity contribution in [2.24, 2.45) is 0 Å². The van der Waals surface area contributed by atoms with Crippen LogP contribution < -0.4 is 4.74 Å². The molecular weight excluding hydrogens is 392 g/mol. The predicted molar refractivity (Wildman–Crippen MR) is 70.3 cm³/mol. The summed E-state index contributed by atoms with van der Waals surface area (Å²) in [7, 11) is 0. The van der Waals surface area contributed by atoms with Crippen LogP contribution >= 0.6 is 47.8 Å². The van der Waals surface area contributed by atoms with Crippen LogP contribution in [-0.2, 0) is 4.79 Å². The van der Waals surface area contributed by atoms with Crippen LogP contribution in [-0.4, -0.2) is 12.4 Å². The van der Waals surface area contributed by atoms with Crippen LogP contribution in [0.1, 0.15) is 13.3 Å². The van der Waals surface area contributed by atoms with Gasteiger partial charge in [0.05, 0.1) is 8.95 Å². The number of ether oxygens (including phenoxy) is 1. The van der Waals surface area contributed by atoms with E-state index < -0.39 is 0 Å². The topological polar surface area (TPSA) is 26.3 Å². The molecule has 2 nitrogen and oxygen atoms in total. The van der Waals surface area contributed by atoms with Crippen LogP contribution in [0, 0.1) is 0 Å². The van der Waals surface area contributed by atoms with E-state index >= 15 is 0 Å². The fourth-order valence-electron chi connectivity index (χ4n) is 0.922. The van der Waals surface area contributed by atoms with Gasteiger partial charge >= 0.3 is 0 Å². The van der Waals surface area contributed by atoms with Crippen molar-refractivity contribution >= 4 is 53.6 Å². The third-order valence-corrected chi connectivity index (χ3v) is 3.37. The number of carbonyl (C=O) groups excluding carboxylic acids is 1. The van der Waals surface area contributed by atoms with Crippen LogP contribution in [0.15, 0.2) is 25.6 Å². The van der Waals surface area contributed by atoms with Crippen molar-refractivity contribution < 1.29 is 9.53 Å². The summed E-state index contributed by atoms with van der Waals surface area (Å²) in [5.74, 6) is 0.733. The number of hydrogen-bond donors (Lipinski definition) is 0. The van der Waals surface area contributed by atoms with Crippen molar-refractivity contribution in [3.8, 4) is 5.75 Å². The van der Waals surface area contributed by atoms with Gasteiger partial charge in [-0.2, -0.15) is 0 Å². The first-order valence-electron chi connectivity index (χ1n) is 4.33. The van der Waals surface area contributed by atoms with Gasteiger partial charge in [-0.25, -0.2) is 0 Å². The molecule has 5 heteroatoms. The van der Waals surface area contributed by atoms with E-state index in [0.29, 0.717) is 12.2 Å². The number of Topliss-reactive ketones (excluding diaryl/α,β-unsaturated/α-hetero) is 1. The zero-order chi connectivity index (χ0) is 11.4. The Balaban J connectivity index is 2.81. The Morgan fingerprint density at radius 1 is 1.27 bits per heavy atom. The third-order valence-electron chi connectivity index (χ3n) is 1.73. The average molecular weight is 401 g/mol. The molecule has 82 valence electrons. The summed E-state index contributed by atoms with van der Waals surface area (Å²) in [4.78, 5) is 11.1. The molecule has 0 N–H and O–H groups in total. The first-order valence-corrected chi connectivity index (χ1v) is 6.71. The van der Waals surface area contributed by atoms with Gasteiger partial charge < -0.3 is 4.74 Å². The zero-order valence-corrected chi connectivity index (χ0v) is 12.8. The summed E-state index contributed by atoms with van der Waals surface area (Å²) in [6.45, 7) is 1.92. The number of rotatable bonds is 4. The first kappa shape index (κ1) is 13.2. The van der Waals surface area contributed by atoms with Gasteiger partial charge in [0.2, 0.25) is 0 Å². The summed E-state index contributed by atoms with van der Waals surface area (Å²) in [6.07, 6.45) is 0.492. The van der Waals surface area contributed by atoms with Crippen molar-refractivity contribution in [3.63, 3.8) is 0 Å². The van der Waals surface area contributed by atoms with Gasteiger partial charge in [-0.3, -0.25) is 4.79 Å². The van der Waals surface area contributed by atoms with E-state index in [1.54, 1.807) is 0 Å². The zero-order valence-electron chi connectivity index (χ0n) is 8.02. The van der Waals surface area contributed by atoms with Gasteiger partial charge in [0.15, 0.2) is 5.78 Å². The molecule has 0 saturated carbocycles. The van der Waals surface area contributed by atoms with Crippen LogP contribution in [0.3, 0.4) is 0 Å². The molecule has 0 aliphatic carbocycles. The van der Waals surface area contributed by atoms with E-state index in [4.69, 9.17) is 4.74 Å². The Hall–Kier alpha value is 0.130. The minimum absolute atomic E-state index is 0.0803. The Bertz CT molecular complexity index is 354. The second-order valence-corrected chi connectivity index (χ2v) is 5.50. The van der Waals surface area contributed by atoms with Gasteiger partial charge in [-0.15, -0.1) is 0 Å². The van der Waals surface area contributed by atoms with Crippen molar-refractivity contribution in [2.75, 3.05) is 6.61 Å². The third kappa shape index (κ3) is 3.89. The van der Waals surface area contributed by atoms with E-state index in [1.807, 2.05) is 19.1 Å². The summed E-state index contributed by atoms with van der Waals surface area (Å²) < 4.78 is 7.98. The number of ketones is 1. The van der Waals surface area contributed by atoms with Crippen LogP contribution in [0.5, 0.6) is 5.75 Å². The van der Waals surface area contributed by atoms with Gasteiger partial charge in [0.25, 0.3) is 0 Å². The highest BCUT2D eigenvalue weighted by Crippen LogP contribution is 2.36. The number of halogens is 3. The van der Waals surface area contributed by atoms with Crippen LogP contribution in [0.25, 0.3) is 0 Å². The van der Waals surface area contributed by atoms with Crippen molar-refractivity contribution in [1.29, 1.82) is 0 Å². The molecule has 0 amide bonds. The maximum Gasteiger partial charge on any atom is 0.169 e. The second-order valence-electron chi connectivity index (χ2n) is 2.88. The summed E-state index contributed by atoms with van der Waals surface area (Å²) >= 11 is 10.1. The minimum Gasteiger partial charge on any atom is -0.483 e. The standard InChI is InChI=1S/C10H9Br3O2/c1-2-7(14)5-15-10-8(12)3-6(11)4-9(10)13/h3-4H,2,5H2,1H3. The maximum atomic E-state index is 11.1. The molecule has 1 aromatic rings. The number of hydrogen-bond acceptors (Lipinski definition) is 2. The van der Waals surface area contributed by atoms with E-state index in [1.165, 1.54) is 0 Å². The van der Waals surface area contributed by atoms with Crippen molar-refractivity contribution in [2.45, 2.75) is 13.3 Å². The lowest BCUT2D eigenvalue weighted by molar-refractivity contribution is -0.120. The molecule has 1 aromatic carbocycles. The number of benzene rings is 1. The molecule has 0 heterocycles. The largest absolute Gasteiger partial charge is 0.483 e. The summed E-state index contributed by atoms with van der Waals surface area (Å²) in [6, 6.07) is 3.74. The SMILES string of the molecule is CCC(=O)COc1c(Br)cc(Br)cc1Br. The molecule has 0 aromatic heterocycles. The second kappa shape index (κ2) is 6.01. The lowest BCUT2D eigenvalue weighted by atomic mass is 10.3. The Morgan fingerprint density at radius 2 is 1.80 bits per heavy atom. The van der Waals surface area contributed by atoms with E-state index in [2.05, 4.69) is 47.8 Å². The van der Waals surface area contributed by atoms with Crippen molar-refractivity contribution in [1.82, 2.24) is 0 Å². The van der Waals surface area contributed by atoms with E-state index in [0.717, 1.165) is 13.4 Å². The van der Waals surface area contributed by atoms with Gasteiger partial charge in [0.1, 0.15) is 12.4 Å². The smallest absolute Gasteiger partial charge is 0.169 e. The normalized spacial score (nSPS) is 10.1. The molecule has 0 saturated heterocycles. The summed E-state index contributed by atoms with van der Waals surface area (Å²) in [5, 5.41) is 0. The maximum absolute atomic E-state index is 11.1. The molecule has 0 unspecified atom stereocenters. The Labute approximate surface area is 114 Å².